The maximum Gasteiger partial charge on any atom is 0.329 e. The van der Waals surface area contributed by atoms with E-state index in [0.29, 0.717) is 22.9 Å². The molecule has 1 aliphatic rings. The van der Waals surface area contributed by atoms with Gasteiger partial charge in [0.15, 0.2) is 11.7 Å². The first kappa shape index (κ1) is 16.2. The molecule has 0 spiro atoms. The molecule has 1 atom stereocenters. The number of hydrogen-bond acceptors (Lipinski definition) is 6. The highest BCUT2D eigenvalue weighted by molar-refractivity contribution is 5.85. The topological polar surface area (TPSA) is 79.1 Å². The largest absolute Gasteiger partial charge is 0.468 e. The van der Waals surface area contributed by atoms with E-state index in [1.54, 1.807) is 0 Å². The molecule has 6 heteroatoms. The van der Waals surface area contributed by atoms with Gasteiger partial charge in [-0.3, -0.25) is 4.79 Å². The highest BCUT2D eigenvalue weighted by atomic mass is 16.5. The van der Waals surface area contributed by atoms with Crippen LogP contribution in [0.5, 0.6) is 0 Å². The smallest absolute Gasteiger partial charge is 0.329 e. The molecule has 6 nitrogen and oxygen atoms in total. The van der Waals surface area contributed by atoms with Gasteiger partial charge >= 0.3 is 5.97 Å². The minimum absolute atomic E-state index is 0.387. The van der Waals surface area contributed by atoms with Crippen LogP contribution in [-0.4, -0.2) is 36.1 Å². The highest BCUT2D eigenvalue weighted by Crippen LogP contribution is 2.30. The van der Waals surface area contributed by atoms with Crippen LogP contribution in [0.2, 0.25) is 0 Å². The first-order valence-corrected chi connectivity index (χ1v) is 8.13. The van der Waals surface area contributed by atoms with E-state index in [0.717, 1.165) is 31.4 Å². The van der Waals surface area contributed by atoms with Crippen molar-refractivity contribution in [2.24, 2.45) is 5.92 Å². The summed E-state index contributed by atoms with van der Waals surface area (Å²) in [5.41, 5.74) is 1.82. The third kappa shape index (κ3) is 3.02. The summed E-state index contributed by atoms with van der Waals surface area (Å²) in [6.07, 6.45) is 2.12. The zero-order chi connectivity index (χ0) is 17.1. The van der Waals surface area contributed by atoms with Gasteiger partial charge in [0.05, 0.1) is 24.2 Å². The standard InChI is InChI=1S/C18H20N4O2/c1-12-7-9-22(10-8-12)17-16(13(11-19)18(23)24-2)20-14-5-3-4-6-15(14)21-17/h3-6,12-13H,7-10H2,1-2H3. The molecule has 0 aliphatic carbocycles. The number of ether oxygens (including phenoxy) is 1. The minimum Gasteiger partial charge on any atom is -0.468 e. The number of nitriles is 1. The number of para-hydroxylation sites is 2. The number of methoxy groups -OCH3 is 1. The van der Waals surface area contributed by atoms with Gasteiger partial charge in [-0.1, -0.05) is 19.1 Å². The Morgan fingerprint density at radius 2 is 1.92 bits per heavy atom. The van der Waals surface area contributed by atoms with Crippen molar-refractivity contribution in [3.8, 4) is 6.07 Å². The molecule has 24 heavy (non-hydrogen) atoms. The van der Waals surface area contributed by atoms with Crippen molar-refractivity contribution in [1.29, 1.82) is 5.26 Å². The Labute approximate surface area is 141 Å². The normalized spacial score (nSPS) is 16.6. The summed E-state index contributed by atoms with van der Waals surface area (Å²) in [7, 11) is 1.28. The number of hydrogen-bond donors (Lipinski definition) is 0. The van der Waals surface area contributed by atoms with Crippen LogP contribution in [-0.2, 0) is 9.53 Å². The van der Waals surface area contributed by atoms with E-state index in [4.69, 9.17) is 9.72 Å². The summed E-state index contributed by atoms with van der Waals surface area (Å²) in [5, 5.41) is 9.48. The average Bonchev–Trinajstić information content (AvgIpc) is 2.62. The van der Waals surface area contributed by atoms with E-state index in [1.165, 1.54) is 7.11 Å². The van der Waals surface area contributed by atoms with E-state index < -0.39 is 11.9 Å². The van der Waals surface area contributed by atoms with E-state index in [1.807, 2.05) is 30.3 Å². The quantitative estimate of drug-likeness (QED) is 0.808. The molecule has 0 bridgehead atoms. The van der Waals surface area contributed by atoms with E-state index in [-0.39, 0.29) is 0 Å². The highest BCUT2D eigenvalue weighted by Gasteiger charge is 2.30. The zero-order valence-corrected chi connectivity index (χ0v) is 13.9. The molecule has 0 N–H and O–H groups in total. The van der Waals surface area contributed by atoms with Gasteiger partial charge in [-0.05, 0) is 30.9 Å². The van der Waals surface area contributed by atoms with Gasteiger partial charge in [-0.25, -0.2) is 9.97 Å². The first-order valence-electron chi connectivity index (χ1n) is 8.13. The van der Waals surface area contributed by atoms with Gasteiger partial charge in [0.1, 0.15) is 5.69 Å². The van der Waals surface area contributed by atoms with Crippen molar-refractivity contribution in [2.75, 3.05) is 25.1 Å². The number of piperidine rings is 1. The SMILES string of the molecule is COC(=O)C(C#N)c1nc2ccccc2nc1N1CCC(C)CC1. The number of esters is 1. The third-order valence-corrected chi connectivity index (χ3v) is 4.50. The molecule has 1 unspecified atom stereocenters. The van der Waals surface area contributed by atoms with Gasteiger partial charge in [-0.2, -0.15) is 5.26 Å². The Kier molecular flexibility index (Phi) is 4.61. The van der Waals surface area contributed by atoms with Crippen molar-refractivity contribution in [1.82, 2.24) is 9.97 Å². The number of aromatic nitrogens is 2. The molecule has 1 fully saturated rings. The Balaban J connectivity index is 2.12. The summed E-state index contributed by atoms with van der Waals surface area (Å²) >= 11 is 0. The Morgan fingerprint density at radius 3 is 2.50 bits per heavy atom. The maximum absolute atomic E-state index is 12.0. The van der Waals surface area contributed by atoms with Crippen LogP contribution in [0.3, 0.4) is 0 Å². The molecular formula is C18H20N4O2. The van der Waals surface area contributed by atoms with Gasteiger partial charge < -0.3 is 9.64 Å². The van der Waals surface area contributed by atoms with Crippen LogP contribution in [0.1, 0.15) is 31.4 Å². The number of rotatable bonds is 3. The van der Waals surface area contributed by atoms with Crippen LogP contribution >= 0.6 is 0 Å². The van der Waals surface area contributed by atoms with Crippen molar-refractivity contribution >= 4 is 22.8 Å². The van der Waals surface area contributed by atoms with Crippen molar-refractivity contribution in [3.63, 3.8) is 0 Å². The molecular weight excluding hydrogens is 304 g/mol. The molecule has 2 heterocycles. The molecule has 0 radical (unpaired) electrons. The Hall–Kier alpha value is -2.68. The number of nitrogens with zero attached hydrogens (tertiary/aromatic N) is 4. The van der Waals surface area contributed by atoms with Crippen LogP contribution in [0.15, 0.2) is 24.3 Å². The minimum atomic E-state index is -1.07. The average molecular weight is 324 g/mol. The number of carbonyl (C=O) groups is 1. The van der Waals surface area contributed by atoms with Crippen molar-refractivity contribution in [3.05, 3.63) is 30.0 Å². The lowest BCUT2D eigenvalue weighted by Gasteiger charge is -2.32. The molecule has 124 valence electrons. The van der Waals surface area contributed by atoms with E-state index in [2.05, 4.69) is 16.8 Å². The van der Waals surface area contributed by atoms with E-state index in [9.17, 15) is 10.1 Å². The lowest BCUT2D eigenvalue weighted by Crippen LogP contribution is -2.35. The zero-order valence-electron chi connectivity index (χ0n) is 13.9. The molecule has 3 rings (SSSR count). The Bertz CT molecular complexity index is 791. The summed E-state index contributed by atoms with van der Waals surface area (Å²) in [6.45, 7) is 3.93. The maximum atomic E-state index is 12.0. The molecule has 1 aromatic carbocycles. The van der Waals surface area contributed by atoms with Crippen LogP contribution in [0.25, 0.3) is 11.0 Å². The third-order valence-electron chi connectivity index (χ3n) is 4.50. The predicted octanol–water partition coefficient (Wildman–Crippen LogP) is 2.65. The van der Waals surface area contributed by atoms with Crippen LogP contribution < -0.4 is 4.90 Å². The fraction of sp³-hybridized carbons (Fsp3) is 0.444. The number of carbonyl (C=O) groups excluding carboxylic acids is 1. The summed E-state index contributed by atoms with van der Waals surface area (Å²) in [5.74, 6) is -0.377. The Morgan fingerprint density at radius 1 is 1.29 bits per heavy atom. The molecule has 0 amide bonds. The summed E-state index contributed by atoms with van der Waals surface area (Å²) in [4.78, 5) is 23.5. The van der Waals surface area contributed by atoms with Crippen molar-refractivity contribution in [2.45, 2.75) is 25.7 Å². The number of fused-ring (bicyclic) bond motifs is 1. The summed E-state index contributed by atoms with van der Waals surface area (Å²) < 4.78 is 4.78. The van der Waals surface area contributed by atoms with Gasteiger partial charge in [0.25, 0.3) is 0 Å². The van der Waals surface area contributed by atoms with Crippen LogP contribution in [0, 0.1) is 17.2 Å². The second-order valence-corrected chi connectivity index (χ2v) is 6.18. The lowest BCUT2D eigenvalue weighted by atomic mass is 9.98. The second-order valence-electron chi connectivity index (χ2n) is 6.18. The number of benzene rings is 1. The van der Waals surface area contributed by atoms with Crippen molar-refractivity contribution < 1.29 is 9.53 Å². The lowest BCUT2D eigenvalue weighted by molar-refractivity contribution is -0.141. The number of anilines is 1. The van der Waals surface area contributed by atoms with Gasteiger partial charge in [-0.15, -0.1) is 0 Å². The molecule has 0 saturated carbocycles. The van der Waals surface area contributed by atoms with Crippen LogP contribution in [0.4, 0.5) is 5.82 Å². The molecule has 2 aromatic rings. The molecule has 1 aromatic heterocycles. The van der Waals surface area contributed by atoms with Gasteiger partial charge in [0, 0.05) is 13.1 Å². The molecule has 1 aliphatic heterocycles. The fourth-order valence-corrected chi connectivity index (χ4v) is 2.99. The monoisotopic (exact) mass is 324 g/mol. The van der Waals surface area contributed by atoms with Gasteiger partial charge in [0.2, 0.25) is 0 Å². The van der Waals surface area contributed by atoms with E-state index >= 15 is 0 Å². The molecule has 1 saturated heterocycles. The first-order chi connectivity index (χ1) is 11.6. The predicted molar refractivity (Wildman–Crippen MR) is 90.5 cm³/mol. The fourth-order valence-electron chi connectivity index (χ4n) is 2.99. The summed E-state index contributed by atoms with van der Waals surface area (Å²) in [6, 6.07) is 9.51. The second kappa shape index (κ2) is 6.83.